The van der Waals surface area contributed by atoms with Crippen LogP contribution in [0.15, 0.2) is 36.5 Å². The lowest BCUT2D eigenvalue weighted by atomic mass is 10.0. The van der Waals surface area contributed by atoms with E-state index in [-0.39, 0.29) is 18.5 Å². The Morgan fingerprint density at radius 3 is 1.13 bits per heavy atom. The van der Waals surface area contributed by atoms with Gasteiger partial charge in [-0.2, -0.15) is 0 Å². The van der Waals surface area contributed by atoms with Crippen molar-refractivity contribution in [3.05, 3.63) is 36.5 Å². The summed E-state index contributed by atoms with van der Waals surface area (Å²) in [6, 6.07) is -0.629. The third-order valence-electron chi connectivity index (χ3n) is 13.7. The zero-order valence-corrected chi connectivity index (χ0v) is 44.9. The molecule has 0 saturated heterocycles. The lowest BCUT2D eigenvalue weighted by Crippen LogP contribution is -2.45. The SMILES string of the molecule is CCCCCCCCCCCC/C=C/C(O)C(CO)NC(=O)CCCCCCCCCCCCC/C=C\C/C=C\CCCCCCCCCCCOC(=O)CCCCCCCCCCCCC. The van der Waals surface area contributed by atoms with Gasteiger partial charge in [-0.25, -0.2) is 0 Å². The van der Waals surface area contributed by atoms with Crippen molar-refractivity contribution in [3.63, 3.8) is 0 Å². The maximum absolute atomic E-state index is 12.4. The summed E-state index contributed by atoms with van der Waals surface area (Å²) in [4.78, 5) is 24.4. The lowest BCUT2D eigenvalue weighted by molar-refractivity contribution is -0.143. The van der Waals surface area contributed by atoms with E-state index in [1.165, 1.54) is 244 Å². The summed E-state index contributed by atoms with van der Waals surface area (Å²) < 4.78 is 5.46. The molecule has 0 heterocycles. The summed E-state index contributed by atoms with van der Waals surface area (Å²) in [5.74, 6) is -0.0619. The van der Waals surface area contributed by atoms with Crippen LogP contribution in [0.4, 0.5) is 0 Å². The topological polar surface area (TPSA) is 95.9 Å². The van der Waals surface area contributed by atoms with Gasteiger partial charge < -0.3 is 20.3 Å². The third-order valence-corrected chi connectivity index (χ3v) is 13.7. The molecule has 6 heteroatoms. The van der Waals surface area contributed by atoms with Gasteiger partial charge in [-0.3, -0.25) is 9.59 Å². The highest BCUT2D eigenvalue weighted by Crippen LogP contribution is 2.16. The minimum Gasteiger partial charge on any atom is -0.466 e. The molecule has 3 N–H and O–H groups in total. The Labute approximate surface area is 417 Å². The number of aliphatic hydroxyl groups excluding tert-OH is 2. The number of hydrogen-bond acceptors (Lipinski definition) is 5. The number of amides is 1. The quantitative estimate of drug-likeness (QED) is 0.0321. The molecule has 67 heavy (non-hydrogen) atoms. The summed E-state index contributed by atoms with van der Waals surface area (Å²) in [5, 5.41) is 23.0. The first-order chi connectivity index (χ1) is 33.0. The lowest BCUT2D eigenvalue weighted by Gasteiger charge is -2.20. The van der Waals surface area contributed by atoms with E-state index in [2.05, 4.69) is 43.5 Å². The van der Waals surface area contributed by atoms with Crippen LogP contribution >= 0.6 is 0 Å². The molecule has 0 rings (SSSR count). The molecular formula is C61H115NO5. The van der Waals surface area contributed by atoms with E-state index in [0.29, 0.717) is 19.4 Å². The van der Waals surface area contributed by atoms with Crippen LogP contribution in [0.25, 0.3) is 0 Å². The predicted octanol–water partition coefficient (Wildman–Crippen LogP) is 18.4. The fourth-order valence-electron chi connectivity index (χ4n) is 9.08. The van der Waals surface area contributed by atoms with Crippen molar-refractivity contribution in [2.45, 2.75) is 328 Å². The number of rotatable bonds is 55. The van der Waals surface area contributed by atoms with Crippen molar-refractivity contribution < 1.29 is 24.5 Å². The Balaban J connectivity index is 3.43. The van der Waals surface area contributed by atoms with Crippen molar-refractivity contribution in [2.75, 3.05) is 13.2 Å². The highest BCUT2D eigenvalue weighted by Gasteiger charge is 2.18. The number of hydrogen-bond donors (Lipinski definition) is 3. The summed E-state index contributed by atoms with van der Waals surface area (Å²) in [6.45, 7) is 4.89. The first kappa shape index (κ1) is 65.1. The van der Waals surface area contributed by atoms with Crippen LogP contribution < -0.4 is 5.32 Å². The predicted molar refractivity (Wildman–Crippen MR) is 292 cm³/mol. The van der Waals surface area contributed by atoms with Crippen LogP contribution in [0, 0.1) is 0 Å². The molecule has 6 nitrogen and oxygen atoms in total. The Hall–Kier alpha value is -1.92. The number of carbonyl (C=O) groups excluding carboxylic acids is 2. The molecule has 0 aliphatic heterocycles. The molecule has 0 aromatic rings. The smallest absolute Gasteiger partial charge is 0.305 e. The van der Waals surface area contributed by atoms with Gasteiger partial charge in [0.2, 0.25) is 5.91 Å². The van der Waals surface area contributed by atoms with Crippen LogP contribution in [-0.4, -0.2) is 47.4 Å². The van der Waals surface area contributed by atoms with Gasteiger partial charge in [0.15, 0.2) is 0 Å². The van der Waals surface area contributed by atoms with Gasteiger partial charge >= 0.3 is 5.97 Å². The molecule has 0 radical (unpaired) electrons. The number of nitrogens with one attached hydrogen (secondary N) is 1. The van der Waals surface area contributed by atoms with Gasteiger partial charge in [-0.1, -0.05) is 275 Å². The second-order valence-corrected chi connectivity index (χ2v) is 20.3. The van der Waals surface area contributed by atoms with Crippen LogP contribution in [0.1, 0.15) is 316 Å². The molecule has 0 aliphatic rings. The number of unbranched alkanes of at least 4 members (excludes halogenated alkanes) is 40. The van der Waals surface area contributed by atoms with Crippen LogP contribution in [-0.2, 0) is 14.3 Å². The maximum Gasteiger partial charge on any atom is 0.305 e. The molecule has 0 aromatic heterocycles. The highest BCUT2D eigenvalue weighted by atomic mass is 16.5. The second-order valence-electron chi connectivity index (χ2n) is 20.3. The average Bonchev–Trinajstić information content (AvgIpc) is 3.33. The van der Waals surface area contributed by atoms with Gasteiger partial charge in [-0.05, 0) is 64.2 Å². The van der Waals surface area contributed by atoms with Crippen LogP contribution in [0.3, 0.4) is 0 Å². The number of aliphatic hydroxyl groups is 2. The molecule has 0 aliphatic carbocycles. The molecule has 0 spiro atoms. The zero-order valence-electron chi connectivity index (χ0n) is 44.9. The molecule has 0 fully saturated rings. The van der Waals surface area contributed by atoms with E-state index >= 15 is 0 Å². The average molecular weight is 943 g/mol. The normalized spacial score (nSPS) is 12.8. The fourth-order valence-corrected chi connectivity index (χ4v) is 9.08. The van der Waals surface area contributed by atoms with Gasteiger partial charge in [0.25, 0.3) is 0 Å². The molecule has 0 saturated carbocycles. The largest absolute Gasteiger partial charge is 0.466 e. The van der Waals surface area contributed by atoms with E-state index in [0.717, 1.165) is 44.9 Å². The monoisotopic (exact) mass is 942 g/mol. The van der Waals surface area contributed by atoms with Crippen molar-refractivity contribution in [3.8, 4) is 0 Å². The maximum atomic E-state index is 12.4. The van der Waals surface area contributed by atoms with Crippen LogP contribution in [0.2, 0.25) is 0 Å². The first-order valence-electron chi connectivity index (χ1n) is 29.8. The third kappa shape index (κ3) is 53.3. The summed E-state index contributed by atoms with van der Waals surface area (Å²) >= 11 is 0. The highest BCUT2D eigenvalue weighted by molar-refractivity contribution is 5.76. The summed E-state index contributed by atoms with van der Waals surface area (Å²) in [5.41, 5.74) is 0. The molecule has 394 valence electrons. The van der Waals surface area contributed by atoms with Gasteiger partial charge in [0.05, 0.1) is 25.4 Å². The van der Waals surface area contributed by atoms with E-state index in [1.54, 1.807) is 6.08 Å². The molecular weight excluding hydrogens is 827 g/mol. The molecule has 2 unspecified atom stereocenters. The number of esters is 1. The van der Waals surface area contributed by atoms with E-state index < -0.39 is 12.1 Å². The Morgan fingerprint density at radius 1 is 0.418 bits per heavy atom. The molecule has 1 amide bonds. The number of carbonyl (C=O) groups is 2. The zero-order chi connectivity index (χ0) is 48.6. The van der Waals surface area contributed by atoms with E-state index in [4.69, 9.17) is 4.74 Å². The number of ether oxygens (including phenoxy) is 1. The Kier molecular flexibility index (Phi) is 55.0. The van der Waals surface area contributed by atoms with Gasteiger partial charge in [-0.15, -0.1) is 0 Å². The van der Waals surface area contributed by atoms with E-state index in [9.17, 15) is 19.8 Å². The minimum absolute atomic E-state index is 0.00965. The fraction of sp³-hybridized carbons (Fsp3) is 0.869. The standard InChI is InChI=1S/C61H115NO5/c1-3-5-7-9-11-13-15-34-37-41-45-49-53-59(64)58(57-63)62-60(65)54-50-46-42-38-35-31-29-27-25-23-21-19-17-16-18-20-22-24-26-28-30-32-36-40-44-48-52-56-67-61(66)55-51-47-43-39-33-14-12-10-8-6-4-2/h16-17,20,22,49,53,58-59,63-64H,3-15,18-19,21,23-48,50-52,54-57H2,1-2H3,(H,62,65)/b17-16-,22-20-,53-49+. The Morgan fingerprint density at radius 2 is 0.746 bits per heavy atom. The van der Waals surface area contributed by atoms with E-state index in [1.807, 2.05) is 6.08 Å². The summed E-state index contributed by atoms with van der Waals surface area (Å²) in [7, 11) is 0. The molecule has 0 bridgehead atoms. The van der Waals surface area contributed by atoms with Crippen molar-refractivity contribution >= 4 is 11.9 Å². The van der Waals surface area contributed by atoms with Crippen molar-refractivity contribution in [1.82, 2.24) is 5.32 Å². The van der Waals surface area contributed by atoms with Crippen LogP contribution in [0.5, 0.6) is 0 Å². The molecule has 2 atom stereocenters. The Bertz CT molecular complexity index is 1090. The molecule has 0 aromatic carbocycles. The van der Waals surface area contributed by atoms with Gasteiger partial charge in [0, 0.05) is 12.8 Å². The second kappa shape index (κ2) is 56.7. The first-order valence-corrected chi connectivity index (χ1v) is 29.8. The minimum atomic E-state index is -0.845. The van der Waals surface area contributed by atoms with Crippen molar-refractivity contribution in [1.29, 1.82) is 0 Å². The van der Waals surface area contributed by atoms with Crippen molar-refractivity contribution in [2.24, 2.45) is 0 Å². The summed E-state index contributed by atoms with van der Waals surface area (Å²) in [6.07, 6.45) is 70.4. The van der Waals surface area contributed by atoms with Gasteiger partial charge in [0.1, 0.15) is 0 Å². The number of allylic oxidation sites excluding steroid dienone is 5.